The summed E-state index contributed by atoms with van der Waals surface area (Å²) >= 11 is 0. The molecule has 5 heteroatoms. The summed E-state index contributed by atoms with van der Waals surface area (Å²) in [6, 6.07) is 20.2. The normalized spacial score (nSPS) is 11.2. The number of ether oxygens (including phenoxy) is 2. The zero-order chi connectivity index (χ0) is 21.7. The van der Waals surface area contributed by atoms with Gasteiger partial charge in [0.1, 0.15) is 36.0 Å². The Balaban J connectivity index is 1.84. The molecule has 0 aliphatic carbocycles. The number of benzene rings is 3. The fourth-order valence-corrected chi connectivity index (χ4v) is 3.41. The van der Waals surface area contributed by atoms with Gasteiger partial charge in [-0.15, -0.1) is 0 Å². The average molecular weight is 406 g/mol. The van der Waals surface area contributed by atoms with E-state index in [0.29, 0.717) is 13.2 Å². The molecule has 0 spiro atoms. The summed E-state index contributed by atoms with van der Waals surface area (Å²) in [6.07, 6.45) is 0. The van der Waals surface area contributed by atoms with Crippen molar-refractivity contribution in [1.29, 1.82) is 0 Å². The second kappa shape index (κ2) is 8.91. The predicted molar refractivity (Wildman–Crippen MR) is 116 cm³/mol. The van der Waals surface area contributed by atoms with Crippen LogP contribution in [0.25, 0.3) is 0 Å². The van der Waals surface area contributed by atoms with Gasteiger partial charge in [-0.05, 0) is 42.3 Å². The summed E-state index contributed by atoms with van der Waals surface area (Å²) in [5.41, 5.74) is 2.03. The van der Waals surface area contributed by atoms with Crippen LogP contribution in [0, 0.1) is 6.92 Å². The largest absolute Gasteiger partial charge is 0.507 e. The zero-order valence-electron chi connectivity index (χ0n) is 17.4. The van der Waals surface area contributed by atoms with Crippen molar-refractivity contribution in [2.45, 2.75) is 26.2 Å². The Labute approximate surface area is 176 Å². The monoisotopic (exact) mass is 406 g/mol. The van der Waals surface area contributed by atoms with Crippen molar-refractivity contribution in [2.75, 3.05) is 13.2 Å². The summed E-state index contributed by atoms with van der Waals surface area (Å²) in [5, 5.41) is 19.2. The molecule has 5 nitrogen and oxygen atoms in total. The molecule has 0 atom stereocenters. The molecule has 0 saturated carbocycles. The van der Waals surface area contributed by atoms with Crippen molar-refractivity contribution in [3.63, 3.8) is 0 Å². The molecule has 3 rings (SSSR count). The lowest BCUT2D eigenvalue weighted by Crippen LogP contribution is -2.22. The average Bonchev–Trinajstić information content (AvgIpc) is 2.72. The number of rotatable bonds is 8. The highest BCUT2D eigenvalue weighted by atomic mass is 16.5. The predicted octanol–water partition coefficient (Wildman–Crippen LogP) is 5.18. The molecule has 0 aromatic heterocycles. The van der Waals surface area contributed by atoms with Gasteiger partial charge in [-0.1, -0.05) is 56.3 Å². The van der Waals surface area contributed by atoms with Crippen molar-refractivity contribution >= 4 is 5.97 Å². The lowest BCUT2D eigenvalue weighted by molar-refractivity contribution is 0.0693. The number of carboxylic acids is 1. The van der Waals surface area contributed by atoms with Gasteiger partial charge < -0.3 is 19.7 Å². The number of phenols is 1. The fraction of sp³-hybridized carbons (Fsp3) is 0.240. The minimum atomic E-state index is -1.16. The molecular weight excluding hydrogens is 380 g/mol. The number of hydrogen-bond donors (Lipinski definition) is 2. The molecule has 0 heterocycles. The van der Waals surface area contributed by atoms with Crippen molar-refractivity contribution in [3.05, 3.63) is 89.0 Å². The maximum Gasteiger partial charge on any atom is 0.339 e. The molecule has 2 N–H and O–H groups in total. The van der Waals surface area contributed by atoms with Crippen LogP contribution >= 0.6 is 0 Å². The molecule has 0 radical (unpaired) electrons. The SMILES string of the molecule is Cc1cccc(C(C)(C)c2ccc(O)c(C(=O)O)c2)c1OCCOc1ccccc1. The fourth-order valence-electron chi connectivity index (χ4n) is 3.41. The molecular formula is C25H26O5. The van der Waals surface area contributed by atoms with Crippen LogP contribution in [-0.2, 0) is 5.41 Å². The Morgan fingerprint density at radius 2 is 1.63 bits per heavy atom. The van der Waals surface area contributed by atoms with E-state index in [-0.39, 0.29) is 11.3 Å². The van der Waals surface area contributed by atoms with Gasteiger partial charge in [-0.3, -0.25) is 0 Å². The Hall–Kier alpha value is -3.47. The van der Waals surface area contributed by atoms with E-state index < -0.39 is 11.4 Å². The Morgan fingerprint density at radius 1 is 0.933 bits per heavy atom. The molecule has 0 fully saturated rings. The smallest absolute Gasteiger partial charge is 0.339 e. The number of para-hydroxylation sites is 2. The Kier molecular flexibility index (Phi) is 6.31. The first-order valence-corrected chi connectivity index (χ1v) is 9.78. The van der Waals surface area contributed by atoms with Crippen molar-refractivity contribution in [3.8, 4) is 17.2 Å². The van der Waals surface area contributed by atoms with E-state index in [1.807, 2.05) is 69.3 Å². The summed E-state index contributed by atoms with van der Waals surface area (Å²) in [5.74, 6) is 0.130. The number of carboxylic acid groups (broad SMARTS) is 1. The van der Waals surface area contributed by atoms with Crippen LogP contribution in [0.3, 0.4) is 0 Å². The van der Waals surface area contributed by atoms with Gasteiger partial charge in [-0.25, -0.2) is 4.79 Å². The van der Waals surface area contributed by atoms with E-state index in [0.717, 1.165) is 28.2 Å². The van der Waals surface area contributed by atoms with E-state index in [2.05, 4.69) is 0 Å². The summed E-state index contributed by atoms with van der Waals surface area (Å²) in [6.45, 7) is 6.77. The van der Waals surface area contributed by atoms with Crippen LogP contribution in [0.2, 0.25) is 0 Å². The van der Waals surface area contributed by atoms with Crippen LogP contribution in [0.4, 0.5) is 0 Å². The minimum absolute atomic E-state index is 0.119. The molecule has 0 bridgehead atoms. The first-order valence-electron chi connectivity index (χ1n) is 9.78. The first-order chi connectivity index (χ1) is 14.3. The number of hydrogen-bond acceptors (Lipinski definition) is 4. The quantitative estimate of drug-likeness (QED) is 0.504. The van der Waals surface area contributed by atoms with Crippen LogP contribution < -0.4 is 9.47 Å². The third kappa shape index (κ3) is 4.57. The minimum Gasteiger partial charge on any atom is -0.507 e. The van der Waals surface area contributed by atoms with Crippen LogP contribution in [-0.4, -0.2) is 29.4 Å². The molecule has 0 amide bonds. The molecule has 0 aliphatic rings. The number of carbonyl (C=O) groups is 1. The van der Waals surface area contributed by atoms with Crippen molar-refractivity contribution in [2.24, 2.45) is 0 Å². The third-order valence-electron chi connectivity index (χ3n) is 5.18. The summed E-state index contributed by atoms with van der Waals surface area (Å²) < 4.78 is 11.8. The molecule has 0 saturated heterocycles. The van der Waals surface area contributed by atoms with E-state index in [1.165, 1.54) is 12.1 Å². The van der Waals surface area contributed by atoms with Gasteiger partial charge in [0.05, 0.1) is 0 Å². The van der Waals surface area contributed by atoms with Gasteiger partial charge in [0.2, 0.25) is 0 Å². The summed E-state index contributed by atoms with van der Waals surface area (Å²) in [7, 11) is 0. The second-order valence-corrected chi connectivity index (χ2v) is 7.62. The molecule has 156 valence electrons. The molecule has 3 aromatic carbocycles. The van der Waals surface area contributed by atoms with E-state index in [1.54, 1.807) is 6.07 Å². The van der Waals surface area contributed by atoms with Crippen LogP contribution in [0.15, 0.2) is 66.7 Å². The number of aromatic carboxylic acids is 1. The lowest BCUT2D eigenvalue weighted by atomic mass is 9.76. The van der Waals surface area contributed by atoms with E-state index in [9.17, 15) is 15.0 Å². The van der Waals surface area contributed by atoms with E-state index in [4.69, 9.17) is 9.47 Å². The highest BCUT2D eigenvalue weighted by Crippen LogP contribution is 2.40. The van der Waals surface area contributed by atoms with Gasteiger partial charge >= 0.3 is 5.97 Å². The molecule has 3 aromatic rings. The van der Waals surface area contributed by atoms with Gasteiger partial charge in [0.15, 0.2) is 0 Å². The Morgan fingerprint density at radius 3 is 2.33 bits per heavy atom. The van der Waals surface area contributed by atoms with Crippen molar-refractivity contribution < 1.29 is 24.5 Å². The topological polar surface area (TPSA) is 76.0 Å². The van der Waals surface area contributed by atoms with Gasteiger partial charge in [0, 0.05) is 11.0 Å². The van der Waals surface area contributed by atoms with Crippen LogP contribution in [0.1, 0.15) is 40.9 Å². The van der Waals surface area contributed by atoms with E-state index >= 15 is 0 Å². The first kappa shape index (κ1) is 21.2. The molecule has 30 heavy (non-hydrogen) atoms. The third-order valence-corrected chi connectivity index (χ3v) is 5.18. The highest BCUT2D eigenvalue weighted by molar-refractivity contribution is 5.91. The van der Waals surface area contributed by atoms with Gasteiger partial charge in [0.25, 0.3) is 0 Å². The van der Waals surface area contributed by atoms with Crippen LogP contribution in [0.5, 0.6) is 17.2 Å². The lowest BCUT2D eigenvalue weighted by Gasteiger charge is -2.29. The highest BCUT2D eigenvalue weighted by Gasteiger charge is 2.29. The number of aromatic hydroxyl groups is 1. The standard InChI is InChI=1S/C25H26O5/c1-17-8-7-11-21(23(17)30-15-14-29-19-9-5-4-6-10-19)25(2,3)18-12-13-22(26)20(16-18)24(27)28/h4-13,16,26H,14-15H2,1-3H3,(H,27,28). The maximum absolute atomic E-state index is 11.5. The zero-order valence-corrected chi connectivity index (χ0v) is 17.4. The molecule has 0 aliphatic heterocycles. The number of aryl methyl sites for hydroxylation is 1. The molecule has 0 unspecified atom stereocenters. The van der Waals surface area contributed by atoms with Gasteiger partial charge in [-0.2, -0.15) is 0 Å². The maximum atomic E-state index is 11.5. The summed E-state index contributed by atoms with van der Waals surface area (Å²) in [4.78, 5) is 11.5. The Bertz CT molecular complexity index is 1020. The van der Waals surface area contributed by atoms with Crippen molar-refractivity contribution in [1.82, 2.24) is 0 Å². The second-order valence-electron chi connectivity index (χ2n) is 7.62.